The highest BCUT2D eigenvalue weighted by molar-refractivity contribution is 9.10. The molecular weight excluding hydrogens is 350 g/mol. The van der Waals surface area contributed by atoms with E-state index < -0.39 is 0 Å². The van der Waals surface area contributed by atoms with Crippen molar-refractivity contribution in [2.75, 3.05) is 6.54 Å². The lowest BCUT2D eigenvalue weighted by molar-refractivity contribution is 0.0752. The van der Waals surface area contributed by atoms with Crippen molar-refractivity contribution >= 4 is 33.4 Å². The minimum atomic E-state index is -0.0490. The van der Waals surface area contributed by atoms with Gasteiger partial charge in [-0.3, -0.25) is 4.79 Å². The van der Waals surface area contributed by atoms with Gasteiger partial charge in [0, 0.05) is 17.6 Å². The van der Waals surface area contributed by atoms with Crippen molar-refractivity contribution in [1.29, 1.82) is 0 Å². The Morgan fingerprint density at radius 1 is 1.19 bits per heavy atom. The van der Waals surface area contributed by atoms with Gasteiger partial charge in [-0.25, -0.2) is 0 Å². The van der Waals surface area contributed by atoms with Crippen LogP contribution in [0.5, 0.6) is 0 Å². The molecule has 4 heteroatoms. The SMILES string of the molecule is CCN(Cc1ccccc1C)C(=O)c1cccc(Br)c1Cl. The highest BCUT2D eigenvalue weighted by atomic mass is 79.9. The highest BCUT2D eigenvalue weighted by Gasteiger charge is 2.19. The molecule has 0 N–H and O–H groups in total. The molecule has 1 amide bonds. The molecule has 2 aromatic rings. The molecule has 0 unspecified atom stereocenters. The number of rotatable bonds is 4. The monoisotopic (exact) mass is 365 g/mol. The predicted octanol–water partition coefficient (Wildman–Crippen LogP) is 5.07. The number of carbonyl (C=O) groups is 1. The minimum Gasteiger partial charge on any atom is -0.335 e. The highest BCUT2D eigenvalue weighted by Crippen LogP contribution is 2.27. The summed E-state index contributed by atoms with van der Waals surface area (Å²) < 4.78 is 0.738. The summed E-state index contributed by atoms with van der Waals surface area (Å²) >= 11 is 9.59. The van der Waals surface area contributed by atoms with E-state index in [9.17, 15) is 4.79 Å². The average molecular weight is 367 g/mol. The van der Waals surface area contributed by atoms with Crippen LogP contribution in [0.4, 0.5) is 0 Å². The van der Waals surface area contributed by atoms with Gasteiger partial charge in [-0.2, -0.15) is 0 Å². The molecule has 0 spiro atoms. The van der Waals surface area contributed by atoms with Crippen molar-refractivity contribution in [3.05, 3.63) is 68.7 Å². The van der Waals surface area contributed by atoms with Crippen molar-refractivity contribution in [1.82, 2.24) is 4.90 Å². The van der Waals surface area contributed by atoms with Crippen LogP contribution in [0.1, 0.15) is 28.4 Å². The van der Waals surface area contributed by atoms with E-state index in [4.69, 9.17) is 11.6 Å². The smallest absolute Gasteiger partial charge is 0.255 e. The summed E-state index contributed by atoms with van der Waals surface area (Å²) in [6, 6.07) is 13.5. The number of benzene rings is 2. The standard InChI is InChI=1S/C17H17BrClNO/c1-3-20(11-13-8-5-4-7-12(13)2)17(21)14-9-6-10-15(18)16(14)19/h4-10H,3,11H2,1-2H3. The van der Waals surface area contributed by atoms with Gasteiger partial charge < -0.3 is 4.90 Å². The van der Waals surface area contributed by atoms with Gasteiger partial charge in [0.1, 0.15) is 0 Å². The van der Waals surface area contributed by atoms with E-state index in [1.807, 2.05) is 37.3 Å². The lowest BCUT2D eigenvalue weighted by Gasteiger charge is -2.22. The summed E-state index contributed by atoms with van der Waals surface area (Å²) in [5.74, 6) is -0.0490. The summed E-state index contributed by atoms with van der Waals surface area (Å²) in [5, 5.41) is 0.464. The largest absolute Gasteiger partial charge is 0.335 e. The van der Waals surface area contributed by atoms with Crippen LogP contribution in [0.2, 0.25) is 5.02 Å². The quantitative estimate of drug-likeness (QED) is 0.739. The van der Waals surface area contributed by atoms with Crippen molar-refractivity contribution in [3.8, 4) is 0 Å². The van der Waals surface area contributed by atoms with E-state index in [-0.39, 0.29) is 5.91 Å². The zero-order valence-corrected chi connectivity index (χ0v) is 14.4. The predicted molar refractivity (Wildman–Crippen MR) is 90.7 cm³/mol. The molecule has 21 heavy (non-hydrogen) atoms. The zero-order valence-electron chi connectivity index (χ0n) is 12.1. The van der Waals surface area contributed by atoms with E-state index in [2.05, 4.69) is 28.9 Å². The zero-order chi connectivity index (χ0) is 15.4. The third-order valence-electron chi connectivity index (χ3n) is 3.47. The van der Waals surface area contributed by atoms with E-state index in [1.165, 1.54) is 5.56 Å². The van der Waals surface area contributed by atoms with Gasteiger partial charge in [-0.05, 0) is 53.0 Å². The van der Waals surface area contributed by atoms with Crippen LogP contribution >= 0.6 is 27.5 Å². The fourth-order valence-corrected chi connectivity index (χ4v) is 2.73. The molecule has 0 aliphatic rings. The molecule has 0 bridgehead atoms. The Hall–Kier alpha value is -1.32. The molecule has 0 aliphatic heterocycles. The molecular formula is C17H17BrClNO. The van der Waals surface area contributed by atoms with Crippen LogP contribution in [0.25, 0.3) is 0 Å². The van der Waals surface area contributed by atoms with Gasteiger partial charge in [-0.1, -0.05) is 41.9 Å². The first-order valence-corrected chi connectivity index (χ1v) is 7.99. The number of carbonyl (C=O) groups excluding carboxylic acids is 1. The maximum atomic E-state index is 12.7. The van der Waals surface area contributed by atoms with Gasteiger partial charge in [0.25, 0.3) is 5.91 Å². The molecule has 0 radical (unpaired) electrons. The maximum Gasteiger partial charge on any atom is 0.255 e. The maximum absolute atomic E-state index is 12.7. The number of hydrogen-bond donors (Lipinski definition) is 0. The summed E-state index contributed by atoms with van der Waals surface area (Å²) in [6.07, 6.45) is 0. The van der Waals surface area contributed by atoms with E-state index >= 15 is 0 Å². The van der Waals surface area contributed by atoms with Gasteiger partial charge in [0.05, 0.1) is 10.6 Å². The fourth-order valence-electron chi connectivity index (χ4n) is 2.16. The number of nitrogens with zero attached hydrogens (tertiary/aromatic N) is 1. The Bertz CT molecular complexity index is 657. The molecule has 0 heterocycles. The van der Waals surface area contributed by atoms with Crippen LogP contribution < -0.4 is 0 Å². The lowest BCUT2D eigenvalue weighted by atomic mass is 10.1. The molecule has 0 aliphatic carbocycles. The molecule has 0 saturated carbocycles. The minimum absolute atomic E-state index is 0.0490. The summed E-state index contributed by atoms with van der Waals surface area (Å²) in [5.41, 5.74) is 2.87. The number of amides is 1. The second-order valence-corrected chi connectivity index (χ2v) is 6.08. The van der Waals surface area contributed by atoms with E-state index in [0.29, 0.717) is 23.7 Å². The van der Waals surface area contributed by atoms with Crippen molar-refractivity contribution < 1.29 is 4.79 Å². The first kappa shape index (κ1) is 16.1. The first-order chi connectivity index (χ1) is 10.0. The van der Waals surface area contributed by atoms with Crippen LogP contribution in [-0.2, 0) is 6.54 Å². The Labute approximate surface area is 138 Å². The van der Waals surface area contributed by atoms with Crippen molar-refractivity contribution in [3.63, 3.8) is 0 Å². The lowest BCUT2D eigenvalue weighted by Crippen LogP contribution is -2.30. The van der Waals surface area contributed by atoms with Gasteiger partial charge >= 0.3 is 0 Å². The van der Waals surface area contributed by atoms with E-state index in [1.54, 1.807) is 11.0 Å². The Kier molecular flexibility index (Phi) is 5.43. The van der Waals surface area contributed by atoms with Crippen LogP contribution in [0.15, 0.2) is 46.9 Å². The normalized spacial score (nSPS) is 10.5. The van der Waals surface area contributed by atoms with Gasteiger partial charge in [-0.15, -0.1) is 0 Å². The first-order valence-electron chi connectivity index (χ1n) is 6.82. The summed E-state index contributed by atoms with van der Waals surface area (Å²) in [7, 11) is 0. The molecule has 110 valence electrons. The molecule has 2 rings (SSSR count). The Morgan fingerprint density at radius 2 is 1.90 bits per heavy atom. The van der Waals surface area contributed by atoms with Crippen molar-refractivity contribution in [2.24, 2.45) is 0 Å². The van der Waals surface area contributed by atoms with E-state index in [0.717, 1.165) is 10.0 Å². The fraction of sp³-hybridized carbons (Fsp3) is 0.235. The summed E-state index contributed by atoms with van der Waals surface area (Å²) in [4.78, 5) is 14.5. The van der Waals surface area contributed by atoms with Gasteiger partial charge in [0.15, 0.2) is 0 Å². The van der Waals surface area contributed by atoms with Crippen LogP contribution in [0, 0.1) is 6.92 Å². The molecule has 0 aromatic heterocycles. The van der Waals surface area contributed by atoms with Gasteiger partial charge in [0.2, 0.25) is 0 Å². The topological polar surface area (TPSA) is 20.3 Å². The molecule has 0 fully saturated rings. The number of aryl methyl sites for hydroxylation is 1. The average Bonchev–Trinajstić information content (AvgIpc) is 2.48. The Morgan fingerprint density at radius 3 is 2.57 bits per heavy atom. The number of halogens is 2. The Balaban J connectivity index is 2.27. The molecule has 2 aromatic carbocycles. The van der Waals surface area contributed by atoms with Crippen LogP contribution in [0.3, 0.4) is 0 Å². The molecule has 0 atom stereocenters. The third-order valence-corrected chi connectivity index (χ3v) is 4.77. The molecule has 2 nitrogen and oxygen atoms in total. The van der Waals surface area contributed by atoms with Crippen LogP contribution in [-0.4, -0.2) is 17.4 Å². The second-order valence-electron chi connectivity index (χ2n) is 4.85. The third kappa shape index (κ3) is 3.66. The number of hydrogen-bond acceptors (Lipinski definition) is 1. The second kappa shape index (κ2) is 7.10. The van der Waals surface area contributed by atoms with Crippen molar-refractivity contribution in [2.45, 2.75) is 20.4 Å². The summed E-state index contributed by atoms with van der Waals surface area (Å²) in [6.45, 7) is 5.25. The molecule has 0 saturated heterocycles.